The molecule has 0 aliphatic carbocycles. The summed E-state index contributed by atoms with van der Waals surface area (Å²) in [5, 5.41) is 95.8. The molecule has 0 unspecified atom stereocenters. The number of unbranched alkanes of at least 4 members (excludes halogenated alkanes) is 5. The Morgan fingerprint density at radius 2 is 1.07 bits per heavy atom. The Labute approximate surface area is 261 Å². The van der Waals surface area contributed by atoms with E-state index in [9.17, 15) is 50.8 Å². The summed E-state index contributed by atoms with van der Waals surface area (Å²) >= 11 is 0. The van der Waals surface area contributed by atoms with E-state index in [1.807, 2.05) is 0 Å². The van der Waals surface area contributed by atoms with Gasteiger partial charge in [0.15, 0.2) is 18.9 Å². The van der Waals surface area contributed by atoms with Gasteiger partial charge in [-0.2, -0.15) is 0 Å². The number of hydrogen-bond acceptors (Lipinski definition) is 16. The number of rotatable bonds is 16. The van der Waals surface area contributed by atoms with Crippen molar-refractivity contribution in [3.63, 3.8) is 0 Å². The molecule has 264 valence electrons. The van der Waals surface area contributed by atoms with Crippen LogP contribution in [0.25, 0.3) is 0 Å². The van der Waals surface area contributed by atoms with Gasteiger partial charge in [0.05, 0.1) is 19.8 Å². The largest absolute Gasteiger partial charge is 0.394 e. The third kappa shape index (κ3) is 9.71. The van der Waals surface area contributed by atoms with Gasteiger partial charge in [-0.05, 0) is 6.42 Å². The summed E-state index contributed by atoms with van der Waals surface area (Å²) in [5.41, 5.74) is 0. The Morgan fingerprint density at radius 3 is 1.60 bits per heavy atom. The minimum Gasteiger partial charge on any atom is -0.394 e. The fraction of sp³-hybridized carbons (Fsp3) is 0.964. The van der Waals surface area contributed by atoms with E-state index in [0.717, 1.165) is 39.0 Å². The number of amides is 1. The smallest absolute Gasteiger partial charge is 0.217 e. The van der Waals surface area contributed by atoms with Crippen LogP contribution in [0.2, 0.25) is 0 Å². The van der Waals surface area contributed by atoms with Gasteiger partial charge in [-0.15, -0.1) is 0 Å². The fourth-order valence-corrected chi connectivity index (χ4v) is 5.62. The summed E-state index contributed by atoms with van der Waals surface area (Å²) in [4.78, 5) is 11.9. The fourth-order valence-electron chi connectivity index (χ4n) is 5.62. The highest BCUT2D eigenvalue weighted by Crippen LogP contribution is 2.33. The van der Waals surface area contributed by atoms with E-state index < -0.39 is 118 Å². The van der Waals surface area contributed by atoms with E-state index in [2.05, 4.69) is 12.2 Å². The summed E-state index contributed by atoms with van der Waals surface area (Å²) in [6, 6.07) is -1.43. The van der Waals surface area contributed by atoms with Crippen LogP contribution in [0.15, 0.2) is 0 Å². The van der Waals surface area contributed by atoms with Gasteiger partial charge in [-0.25, -0.2) is 0 Å². The first kappa shape index (κ1) is 38.3. The lowest BCUT2D eigenvalue weighted by atomic mass is 9.95. The summed E-state index contributed by atoms with van der Waals surface area (Å²) in [5.74, 6) is -0.639. The molecular formula is C28H51NO16. The van der Waals surface area contributed by atoms with Crippen LogP contribution in [0.5, 0.6) is 0 Å². The van der Waals surface area contributed by atoms with Crippen molar-refractivity contribution in [1.29, 1.82) is 0 Å². The van der Waals surface area contributed by atoms with Crippen LogP contribution in [0.1, 0.15) is 52.4 Å². The van der Waals surface area contributed by atoms with Gasteiger partial charge in [0.2, 0.25) is 5.91 Å². The van der Waals surface area contributed by atoms with Crippen LogP contribution in [0.3, 0.4) is 0 Å². The quantitative estimate of drug-likeness (QED) is 0.0708. The minimum absolute atomic E-state index is 0.181. The van der Waals surface area contributed by atoms with Gasteiger partial charge in [0.1, 0.15) is 73.2 Å². The van der Waals surface area contributed by atoms with Crippen LogP contribution in [-0.4, -0.2) is 170 Å². The molecule has 3 aliphatic rings. The highest BCUT2D eigenvalue weighted by molar-refractivity contribution is 5.73. The third-order valence-electron chi connectivity index (χ3n) is 8.26. The molecule has 3 fully saturated rings. The molecule has 45 heavy (non-hydrogen) atoms. The molecule has 0 aromatic heterocycles. The van der Waals surface area contributed by atoms with E-state index in [1.165, 1.54) is 0 Å². The predicted molar refractivity (Wildman–Crippen MR) is 150 cm³/mol. The first-order valence-electron chi connectivity index (χ1n) is 15.6. The Balaban J connectivity index is 1.84. The van der Waals surface area contributed by atoms with Crippen molar-refractivity contribution in [2.24, 2.45) is 0 Å². The van der Waals surface area contributed by atoms with E-state index in [-0.39, 0.29) is 6.61 Å². The van der Waals surface area contributed by atoms with Crippen molar-refractivity contribution >= 4 is 5.91 Å². The topological polar surface area (TPSA) is 267 Å². The molecule has 17 nitrogen and oxygen atoms in total. The van der Waals surface area contributed by atoms with E-state index in [4.69, 9.17) is 28.4 Å². The Hall–Kier alpha value is -1.13. The Bertz CT molecular complexity index is 872. The lowest BCUT2D eigenvalue weighted by Gasteiger charge is -2.49. The lowest BCUT2D eigenvalue weighted by molar-refractivity contribution is -0.388. The van der Waals surface area contributed by atoms with Crippen molar-refractivity contribution < 1.29 is 79.2 Å². The summed E-state index contributed by atoms with van der Waals surface area (Å²) in [6.45, 7) is 1.26. The normalized spacial score (nSPS) is 42.4. The molecule has 0 aromatic rings. The molecule has 0 spiro atoms. The summed E-state index contributed by atoms with van der Waals surface area (Å²) in [7, 11) is 0. The van der Waals surface area contributed by atoms with Gasteiger partial charge in [0, 0.05) is 13.5 Å². The van der Waals surface area contributed by atoms with E-state index in [0.29, 0.717) is 6.42 Å². The summed E-state index contributed by atoms with van der Waals surface area (Å²) in [6.07, 6.45) is -16.4. The standard InChI is InChI=1S/C28H51NO16/c1-3-4-5-6-7-8-9-40-27-24(22(38)19(35)15(11-31)42-27)45-28-25(23(39)20(36)16(12-32)43-28)44-26-17(29-13(2)33)21(37)18(34)14(10-30)41-26/h14-28,30-32,34-39H,3-12H2,1-2H3,(H,29,33)/t14-,15-,16-,17-,18-,19-,20-,21-,22+,23+,24-,25+,26+,27-,28-/m1/s1. The van der Waals surface area contributed by atoms with Crippen LogP contribution >= 0.6 is 0 Å². The number of nitrogens with one attached hydrogen (secondary N) is 1. The van der Waals surface area contributed by atoms with Gasteiger partial charge < -0.3 is 79.7 Å². The van der Waals surface area contributed by atoms with Crippen molar-refractivity contribution in [1.82, 2.24) is 5.32 Å². The number of carbonyl (C=O) groups excluding carboxylic acids is 1. The molecule has 3 heterocycles. The van der Waals surface area contributed by atoms with Crippen molar-refractivity contribution in [3.05, 3.63) is 0 Å². The van der Waals surface area contributed by atoms with Gasteiger partial charge >= 0.3 is 0 Å². The minimum atomic E-state index is -1.85. The Morgan fingerprint density at radius 1 is 0.622 bits per heavy atom. The molecule has 15 atom stereocenters. The molecular weight excluding hydrogens is 606 g/mol. The van der Waals surface area contributed by atoms with Crippen LogP contribution in [-0.2, 0) is 33.2 Å². The van der Waals surface area contributed by atoms with Crippen molar-refractivity contribution in [2.75, 3.05) is 26.4 Å². The highest BCUT2D eigenvalue weighted by atomic mass is 16.8. The first-order valence-corrected chi connectivity index (χ1v) is 15.6. The molecule has 0 saturated carbocycles. The molecule has 0 bridgehead atoms. The average molecular weight is 658 g/mol. The SMILES string of the molecule is CCCCCCCCO[C@@H]1O[C@H](CO)[C@@H](O)[C@H](O)[C@H]1O[C@H]1O[C@H](CO)[C@@H](O)[C@H](O)[C@@H]1O[C@@H]1O[C@H](CO)[C@@H](O)[C@H](O)[C@H]1NC(C)=O. The van der Waals surface area contributed by atoms with Crippen LogP contribution in [0.4, 0.5) is 0 Å². The van der Waals surface area contributed by atoms with Crippen molar-refractivity contribution in [2.45, 2.75) is 144 Å². The number of aliphatic hydroxyl groups excluding tert-OH is 9. The van der Waals surface area contributed by atoms with Gasteiger partial charge in [0.25, 0.3) is 0 Å². The average Bonchev–Trinajstić information content (AvgIpc) is 3.02. The predicted octanol–water partition coefficient (Wildman–Crippen LogP) is -4.04. The van der Waals surface area contributed by atoms with Crippen molar-refractivity contribution in [3.8, 4) is 0 Å². The summed E-state index contributed by atoms with van der Waals surface area (Å²) < 4.78 is 34.7. The molecule has 3 aliphatic heterocycles. The second-order valence-corrected chi connectivity index (χ2v) is 11.7. The highest BCUT2D eigenvalue weighted by Gasteiger charge is 2.54. The number of hydrogen-bond donors (Lipinski definition) is 10. The third-order valence-corrected chi connectivity index (χ3v) is 8.26. The zero-order valence-corrected chi connectivity index (χ0v) is 25.6. The lowest BCUT2D eigenvalue weighted by Crippen LogP contribution is -2.68. The van der Waals surface area contributed by atoms with Gasteiger partial charge in [-0.1, -0.05) is 39.0 Å². The molecule has 1 amide bonds. The van der Waals surface area contributed by atoms with E-state index >= 15 is 0 Å². The number of ether oxygens (including phenoxy) is 6. The molecule has 3 rings (SSSR count). The van der Waals surface area contributed by atoms with Crippen LogP contribution < -0.4 is 5.32 Å². The zero-order chi connectivity index (χ0) is 33.3. The molecule has 17 heteroatoms. The maximum absolute atomic E-state index is 11.9. The second-order valence-electron chi connectivity index (χ2n) is 11.7. The molecule has 0 aromatic carbocycles. The van der Waals surface area contributed by atoms with Crippen LogP contribution in [0, 0.1) is 0 Å². The zero-order valence-electron chi connectivity index (χ0n) is 25.6. The number of carbonyl (C=O) groups is 1. The molecule has 0 radical (unpaired) electrons. The van der Waals surface area contributed by atoms with E-state index in [1.54, 1.807) is 0 Å². The molecule has 3 saturated heterocycles. The van der Waals surface area contributed by atoms with Gasteiger partial charge in [-0.3, -0.25) is 4.79 Å². The second kappa shape index (κ2) is 18.4. The Kier molecular flexibility index (Phi) is 15.7. The first-order chi connectivity index (χ1) is 21.5. The maximum atomic E-state index is 11.9. The maximum Gasteiger partial charge on any atom is 0.217 e. The monoisotopic (exact) mass is 657 g/mol. The molecule has 10 N–H and O–H groups in total. The number of aliphatic hydroxyl groups is 9.